The number of aromatic nitrogens is 3. The second kappa shape index (κ2) is 14.9. The molecule has 26 nitrogen and oxygen atoms in total. The van der Waals surface area contributed by atoms with E-state index < -0.39 is 54.4 Å². The summed E-state index contributed by atoms with van der Waals surface area (Å²) in [6.45, 7) is 1.48. The molecule has 0 spiro atoms. The van der Waals surface area contributed by atoms with Crippen molar-refractivity contribution in [3.8, 4) is 0 Å². The number of para-hydroxylation sites is 1. The second-order valence-electron chi connectivity index (χ2n) is 11.2. The number of benzene rings is 1. The number of fused-ring (bicyclic) bond motifs is 1. The zero-order valence-electron chi connectivity index (χ0n) is 26.0. The third-order valence-corrected chi connectivity index (χ3v) is 22.3. The predicted molar refractivity (Wildman–Crippen MR) is 171 cm³/mol. The van der Waals surface area contributed by atoms with Gasteiger partial charge in [-0.3, -0.25) is 0 Å². The van der Waals surface area contributed by atoms with Gasteiger partial charge in [0.1, 0.15) is 0 Å². The Morgan fingerprint density at radius 2 is 0.922 bits per heavy atom. The minimum absolute atomic E-state index is 0.247. The molecule has 1 aromatic carbocycles. The SMILES string of the molecule is O=P(O)(O)OP(=O)(O)OP(=O)(O)OP(=O)(O)OP(=O)(O)OP(=O)(O)OP(On1nnc2ccccc21)(N1CCCC1)(N1CCCC1)N1CCCC1. The Bertz CT molecular complexity index is 1850. The Morgan fingerprint density at radius 3 is 1.33 bits per heavy atom. The molecule has 3 aliphatic heterocycles. The van der Waals surface area contributed by atoms with E-state index in [2.05, 4.69) is 31.9 Å². The van der Waals surface area contributed by atoms with Crippen LogP contribution in [0.2, 0.25) is 0 Å². The molecule has 3 fully saturated rings. The van der Waals surface area contributed by atoms with Crippen LogP contribution in [0.5, 0.6) is 0 Å². The van der Waals surface area contributed by atoms with E-state index in [4.69, 9.17) is 18.7 Å². The summed E-state index contributed by atoms with van der Waals surface area (Å²) in [5.74, 6) is 0. The van der Waals surface area contributed by atoms with Gasteiger partial charge in [0, 0.05) is 0 Å². The molecule has 1 aromatic heterocycles. The van der Waals surface area contributed by atoms with E-state index in [0.29, 0.717) is 49.6 Å². The van der Waals surface area contributed by atoms with Crippen molar-refractivity contribution in [2.45, 2.75) is 38.5 Å². The van der Waals surface area contributed by atoms with Gasteiger partial charge in [-0.1, -0.05) is 0 Å². The van der Waals surface area contributed by atoms with Crippen LogP contribution in [-0.4, -0.2) is 103 Å². The van der Waals surface area contributed by atoms with Gasteiger partial charge in [-0.05, 0) is 0 Å². The molecular weight excluding hydrogens is 837 g/mol. The zero-order chi connectivity index (χ0) is 37.6. The number of nitrogens with zero attached hydrogens (tertiary/aromatic N) is 6. The molecule has 0 saturated carbocycles. The van der Waals surface area contributed by atoms with Crippen LogP contribution in [0.15, 0.2) is 24.3 Å². The van der Waals surface area contributed by atoms with E-state index in [-0.39, 0.29) is 39.3 Å². The molecule has 0 amide bonds. The molecule has 292 valence electrons. The van der Waals surface area contributed by atoms with Crippen LogP contribution < -0.4 is 4.62 Å². The summed E-state index contributed by atoms with van der Waals surface area (Å²) in [6, 6.07) is 6.60. The van der Waals surface area contributed by atoms with Crippen LogP contribution >= 0.6 is 54.4 Å². The van der Waals surface area contributed by atoms with Crippen molar-refractivity contribution >= 4 is 65.5 Å². The summed E-state index contributed by atoms with van der Waals surface area (Å²) in [6.07, 6.45) is 3.48. The zero-order valence-corrected chi connectivity index (χ0v) is 32.3. The average molecular weight is 872 g/mol. The van der Waals surface area contributed by atoms with Crippen LogP contribution in [0.25, 0.3) is 11.0 Å². The van der Waals surface area contributed by atoms with Crippen molar-refractivity contribution < 1.29 is 92.1 Å². The molecular formula is C18H35N6O20P7. The molecule has 0 aliphatic carbocycles. The van der Waals surface area contributed by atoms with Gasteiger partial charge < -0.3 is 9.79 Å². The number of hydrogen-bond acceptors (Lipinski definition) is 18. The standard InChI is InChI=1S/C18H35N6O20P7/c25-45(26,27)39-46(28,29)40-47(30,31)41-48(32,33)42-49(34,35)43-50(36,37)44-51(21-11-3-4-12-21,22-13-5-6-14-22,23-15-7-8-16-23)38-24-18-10-2-1-9-17(18)19-20-24/h1-2,9-10H,3-8,11-16H2,(H,28,29)(H,30,31)(H,32,33)(H,34,35)(H,36,37)(H2,25,26,27). The minimum atomic E-state index is -6.48. The summed E-state index contributed by atoms with van der Waals surface area (Å²) in [5, 5.41) is 8.21. The van der Waals surface area contributed by atoms with Crippen molar-refractivity contribution in [2.75, 3.05) is 39.3 Å². The molecule has 0 radical (unpaired) electrons. The van der Waals surface area contributed by atoms with E-state index in [0.717, 1.165) is 4.85 Å². The molecule has 5 unspecified atom stereocenters. The van der Waals surface area contributed by atoms with E-state index in [1.54, 1.807) is 38.3 Å². The molecule has 7 N–H and O–H groups in total. The summed E-state index contributed by atoms with van der Waals surface area (Å²) in [4.78, 5) is 68.8. The van der Waals surface area contributed by atoms with E-state index in [1.807, 2.05) is 0 Å². The monoisotopic (exact) mass is 872 g/mol. The number of hydrogen-bond donors (Lipinski definition) is 7. The first-order valence-corrected chi connectivity index (χ1v) is 25.7. The van der Waals surface area contributed by atoms with Crippen molar-refractivity contribution in [3.05, 3.63) is 24.3 Å². The first-order valence-electron chi connectivity index (χ1n) is 14.7. The van der Waals surface area contributed by atoms with Gasteiger partial charge in [0.25, 0.3) is 0 Å². The number of phosphoric acid groups is 6. The van der Waals surface area contributed by atoms with Gasteiger partial charge >= 0.3 is 274 Å². The fourth-order valence-corrected chi connectivity index (χ4v) is 20.6. The first-order chi connectivity index (χ1) is 23.5. The third kappa shape index (κ3) is 9.70. The van der Waals surface area contributed by atoms with Crippen LogP contribution in [0.3, 0.4) is 0 Å². The van der Waals surface area contributed by atoms with Gasteiger partial charge in [-0.25, -0.2) is 4.57 Å². The Morgan fingerprint density at radius 1 is 0.549 bits per heavy atom. The molecule has 4 heterocycles. The quantitative estimate of drug-likeness (QED) is 0.112. The average Bonchev–Trinajstić information content (AvgIpc) is 3.76. The van der Waals surface area contributed by atoms with Crippen LogP contribution in [0, 0.1) is 0 Å². The maximum atomic E-state index is 14.0. The summed E-state index contributed by atoms with van der Waals surface area (Å²) in [7, 11) is -42.7. The van der Waals surface area contributed by atoms with Gasteiger partial charge in [-0.2, -0.15) is 0 Å². The van der Waals surface area contributed by atoms with Crippen LogP contribution in [-0.2, 0) is 53.3 Å². The molecule has 3 aliphatic rings. The van der Waals surface area contributed by atoms with Crippen molar-refractivity contribution in [1.29, 1.82) is 0 Å². The van der Waals surface area contributed by atoms with E-state index in [9.17, 15) is 51.9 Å². The van der Waals surface area contributed by atoms with Crippen LogP contribution in [0.1, 0.15) is 38.5 Å². The summed E-state index contributed by atoms with van der Waals surface area (Å²) >= 11 is 0. The molecule has 0 bridgehead atoms. The van der Waals surface area contributed by atoms with E-state index >= 15 is 0 Å². The first kappa shape index (κ1) is 41.7. The van der Waals surface area contributed by atoms with Crippen molar-refractivity contribution in [3.63, 3.8) is 0 Å². The fraction of sp³-hybridized carbons (Fsp3) is 0.667. The maximum absolute atomic E-state index is 14.0. The topological polar surface area (TPSA) is 349 Å². The molecule has 3 saturated heterocycles. The molecule has 5 rings (SSSR count). The Kier molecular flexibility index (Phi) is 12.2. The fourth-order valence-electron chi connectivity index (χ4n) is 5.94. The third-order valence-electron chi connectivity index (χ3n) is 7.52. The molecule has 51 heavy (non-hydrogen) atoms. The van der Waals surface area contributed by atoms with Gasteiger partial charge in [0.05, 0.1) is 0 Å². The van der Waals surface area contributed by atoms with Crippen LogP contribution in [0.4, 0.5) is 0 Å². The normalized spacial score (nSPS) is 25.4. The Hall–Kier alpha value is -0.410. The molecule has 2 aromatic rings. The molecule has 33 heteroatoms. The summed E-state index contributed by atoms with van der Waals surface area (Å²) < 4.78 is 111. The van der Waals surface area contributed by atoms with Gasteiger partial charge in [0.15, 0.2) is 0 Å². The number of rotatable bonds is 17. The van der Waals surface area contributed by atoms with Gasteiger partial charge in [0.2, 0.25) is 0 Å². The summed E-state index contributed by atoms with van der Waals surface area (Å²) in [5.41, 5.74) is 0.704. The molecule has 5 atom stereocenters. The van der Waals surface area contributed by atoms with E-state index in [1.165, 1.54) is 0 Å². The Balaban J connectivity index is 1.50. The Labute approximate surface area is 288 Å². The van der Waals surface area contributed by atoms with Crippen molar-refractivity contribution in [1.82, 2.24) is 29.2 Å². The second-order valence-corrected chi connectivity index (χ2v) is 24.3. The predicted octanol–water partition coefficient (Wildman–Crippen LogP) is 2.97. The van der Waals surface area contributed by atoms with Gasteiger partial charge in [-0.15, -0.1) is 0 Å². The van der Waals surface area contributed by atoms with Crippen molar-refractivity contribution in [2.24, 2.45) is 0 Å².